The van der Waals surface area contributed by atoms with E-state index in [2.05, 4.69) is 0 Å². The summed E-state index contributed by atoms with van der Waals surface area (Å²) in [5.74, 6) is -4.71. The second kappa shape index (κ2) is 8.54. The van der Waals surface area contributed by atoms with Crippen molar-refractivity contribution in [2.45, 2.75) is 120 Å². The quantitative estimate of drug-likeness (QED) is 0.267. The van der Waals surface area contributed by atoms with Crippen LogP contribution in [0.25, 0.3) is 0 Å². The third-order valence-electron chi connectivity index (χ3n) is 11.2. The topological polar surface area (TPSA) is 191 Å². The molecule has 4 aliphatic carbocycles. The molecule has 2 unspecified atom stereocenters. The number of hydrogen-bond acceptors (Lipinski definition) is 11. The first kappa shape index (κ1) is 29.5. The summed E-state index contributed by atoms with van der Waals surface area (Å²) in [4.78, 5) is 13.6. The zero-order chi connectivity index (χ0) is 29.2. The first-order chi connectivity index (χ1) is 17.7. The predicted molar refractivity (Wildman–Crippen MR) is 136 cm³/mol. The lowest BCUT2D eigenvalue weighted by Crippen LogP contribution is -2.78. The van der Waals surface area contributed by atoms with Gasteiger partial charge in [0, 0.05) is 16.7 Å². The summed E-state index contributed by atoms with van der Waals surface area (Å²) in [6.07, 6.45) is -1.41. The number of aliphatic hydroxyl groups excluding tert-OH is 3. The molecular formula is C27H42O11S. The fraction of sp³-hybridized carbons (Fsp3) is 0.889. The summed E-state index contributed by atoms with van der Waals surface area (Å²) >= 11 is 0. The maximum absolute atomic E-state index is 13.6. The van der Waals surface area contributed by atoms with Gasteiger partial charge in [-0.3, -0.25) is 4.79 Å². The number of hydrogen-bond donors (Lipinski definition) is 6. The van der Waals surface area contributed by atoms with Crippen molar-refractivity contribution in [3.05, 3.63) is 11.6 Å². The average Bonchev–Trinajstić information content (AvgIpc) is 3.08. The van der Waals surface area contributed by atoms with Crippen LogP contribution in [0.1, 0.15) is 79.6 Å². The molecule has 1 spiro atoms. The van der Waals surface area contributed by atoms with Gasteiger partial charge in [-0.25, -0.2) is 8.37 Å². The highest BCUT2D eigenvalue weighted by Crippen LogP contribution is 2.71. The van der Waals surface area contributed by atoms with Crippen LogP contribution >= 0.6 is 0 Å². The van der Waals surface area contributed by atoms with Gasteiger partial charge in [-0.1, -0.05) is 13.8 Å². The number of aliphatic hydroxyl groups is 6. The van der Waals surface area contributed by atoms with Crippen molar-refractivity contribution < 1.29 is 52.2 Å². The van der Waals surface area contributed by atoms with E-state index >= 15 is 0 Å². The Morgan fingerprint density at radius 3 is 2.26 bits per heavy atom. The lowest BCUT2D eigenvalue weighted by Gasteiger charge is -2.66. The Morgan fingerprint density at radius 2 is 1.69 bits per heavy atom. The normalized spacial score (nSPS) is 46.8. The highest BCUT2D eigenvalue weighted by atomic mass is 32.3. The predicted octanol–water partition coefficient (Wildman–Crippen LogP) is 0.452. The lowest BCUT2D eigenvalue weighted by molar-refractivity contribution is -0.357. The number of carbonyl (C=O) groups is 1. The molecule has 3 saturated carbocycles. The second-order valence-electron chi connectivity index (χ2n) is 13.9. The minimum atomic E-state index is -4.43. The largest absolute Gasteiger partial charge is 0.405 e. The van der Waals surface area contributed by atoms with E-state index in [1.807, 2.05) is 6.92 Å². The van der Waals surface area contributed by atoms with E-state index in [0.29, 0.717) is 24.8 Å². The molecule has 5 aliphatic rings. The number of allylic oxidation sites excluding steroid dienone is 1. The molecule has 10 atom stereocenters. The number of ketones is 1. The first-order valence-electron chi connectivity index (χ1n) is 13.8. The molecule has 0 radical (unpaired) electrons. The van der Waals surface area contributed by atoms with Crippen LogP contribution in [0.15, 0.2) is 11.6 Å². The highest BCUT2D eigenvalue weighted by molar-refractivity contribution is 7.82. The van der Waals surface area contributed by atoms with Gasteiger partial charge < -0.3 is 30.6 Å². The smallest absolute Gasteiger partial charge is 0.390 e. The van der Waals surface area contributed by atoms with Gasteiger partial charge in [-0.05, 0) is 89.2 Å². The van der Waals surface area contributed by atoms with Crippen molar-refractivity contribution in [2.75, 3.05) is 0 Å². The summed E-state index contributed by atoms with van der Waals surface area (Å²) in [7, 11) is -4.43. The molecule has 39 heavy (non-hydrogen) atoms. The van der Waals surface area contributed by atoms with Crippen molar-refractivity contribution in [3.8, 4) is 0 Å². The van der Waals surface area contributed by atoms with Crippen LogP contribution in [-0.2, 0) is 23.6 Å². The van der Waals surface area contributed by atoms with Crippen LogP contribution in [0.2, 0.25) is 0 Å². The van der Waals surface area contributed by atoms with Gasteiger partial charge in [0.1, 0.15) is 6.10 Å². The Labute approximate surface area is 229 Å². The Balaban J connectivity index is 1.53. The van der Waals surface area contributed by atoms with Gasteiger partial charge in [0.15, 0.2) is 5.78 Å². The third kappa shape index (κ3) is 3.82. The maximum Gasteiger partial charge on any atom is 0.405 e. The molecule has 222 valence electrons. The van der Waals surface area contributed by atoms with Crippen LogP contribution in [0.3, 0.4) is 0 Å². The summed E-state index contributed by atoms with van der Waals surface area (Å²) in [5, 5.41) is 66.6. The van der Waals surface area contributed by atoms with Gasteiger partial charge in [0.25, 0.3) is 0 Å². The molecule has 1 aliphatic heterocycles. The van der Waals surface area contributed by atoms with Crippen molar-refractivity contribution >= 4 is 16.2 Å². The molecule has 0 aromatic carbocycles. The van der Waals surface area contributed by atoms with Crippen LogP contribution in [0.5, 0.6) is 0 Å². The molecule has 5 rings (SSSR count). The van der Waals surface area contributed by atoms with Gasteiger partial charge in [-0.15, -0.1) is 0 Å². The van der Waals surface area contributed by atoms with Crippen LogP contribution in [0.4, 0.5) is 0 Å². The van der Waals surface area contributed by atoms with E-state index in [9.17, 15) is 43.9 Å². The highest BCUT2D eigenvalue weighted by Gasteiger charge is 2.79. The molecular weight excluding hydrogens is 532 g/mol. The molecule has 4 fully saturated rings. The second-order valence-corrected chi connectivity index (χ2v) is 15.0. The van der Waals surface area contributed by atoms with E-state index < -0.39 is 85.7 Å². The first-order valence-corrected chi connectivity index (χ1v) is 15.1. The van der Waals surface area contributed by atoms with E-state index in [4.69, 9.17) is 8.37 Å². The van der Waals surface area contributed by atoms with Crippen molar-refractivity contribution in [1.29, 1.82) is 0 Å². The summed E-state index contributed by atoms with van der Waals surface area (Å²) in [6, 6.07) is 0. The molecule has 11 nitrogen and oxygen atoms in total. The van der Waals surface area contributed by atoms with Gasteiger partial charge >= 0.3 is 10.4 Å². The summed E-state index contributed by atoms with van der Waals surface area (Å²) in [5.41, 5.74) is -6.20. The Bertz CT molecular complexity index is 1180. The Kier molecular flexibility index (Phi) is 6.47. The minimum Gasteiger partial charge on any atom is -0.390 e. The molecule has 1 saturated heterocycles. The van der Waals surface area contributed by atoms with Crippen LogP contribution < -0.4 is 0 Å². The van der Waals surface area contributed by atoms with Gasteiger partial charge in [0.05, 0.1) is 29.0 Å². The third-order valence-corrected chi connectivity index (χ3v) is 12.1. The maximum atomic E-state index is 13.6. The Morgan fingerprint density at radius 1 is 1.08 bits per heavy atom. The van der Waals surface area contributed by atoms with E-state index in [0.717, 1.165) is 0 Å². The van der Waals surface area contributed by atoms with Crippen LogP contribution in [0, 0.1) is 28.6 Å². The lowest BCUT2D eigenvalue weighted by atomic mass is 9.44. The van der Waals surface area contributed by atoms with E-state index in [1.54, 1.807) is 27.7 Å². The Hall–Kier alpha value is -0.960. The van der Waals surface area contributed by atoms with E-state index in [1.165, 1.54) is 6.08 Å². The molecule has 0 amide bonds. The summed E-state index contributed by atoms with van der Waals surface area (Å²) in [6.45, 7) is 8.25. The summed E-state index contributed by atoms with van der Waals surface area (Å²) < 4.78 is 34.5. The zero-order valence-corrected chi connectivity index (χ0v) is 23.9. The number of fused-ring (bicyclic) bond motifs is 6. The standard InChI is InChI=1S/C27H42O11S/c1-22(2,32)9-8-20(30)25(5,33)19-7-11-26(34)15-12-17(28)16-13-18(29)21(31)27(37-39(35,36)38-27)24(16,4)14(15)6-10-23(19,26)3/h12,14,16,18-21,29-34H,6-11,13H2,1-5H3/t14?,16-,18+,19+,20+,21-,23+,24+,25?,26+/m0/s1. The number of carbonyl (C=O) groups excluding carboxylic acids is 1. The SMILES string of the molecule is CC(C)(O)CC[C@@H](O)C(C)(O)[C@@H]1CC[C@@]2(O)C3=CC(=O)[C@@H]4C[C@@H](O)[C@H](O)C5(OS(=O)(=O)O5)[C@]4(C)C3CC[C@]12C. The molecule has 1 heterocycles. The molecule has 12 heteroatoms. The molecule has 6 N–H and O–H groups in total. The van der Waals surface area contributed by atoms with Crippen molar-refractivity contribution in [2.24, 2.45) is 28.6 Å². The molecule has 0 bridgehead atoms. The van der Waals surface area contributed by atoms with Crippen molar-refractivity contribution in [1.82, 2.24) is 0 Å². The molecule has 0 aromatic rings. The zero-order valence-electron chi connectivity index (χ0n) is 23.1. The fourth-order valence-corrected chi connectivity index (χ4v) is 10.1. The minimum absolute atomic E-state index is 0.119. The van der Waals surface area contributed by atoms with Gasteiger partial charge in [-0.2, -0.15) is 8.42 Å². The van der Waals surface area contributed by atoms with Gasteiger partial charge in [0.2, 0.25) is 5.79 Å². The number of rotatable bonds is 5. The van der Waals surface area contributed by atoms with E-state index in [-0.39, 0.29) is 25.7 Å². The fourth-order valence-electron chi connectivity index (χ4n) is 8.95. The average molecular weight is 575 g/mol. The monoisotopic (exact) mass is 574 g/mol. The van der Waals surface area contributed by atoms with Crippen LogP contribution in [-0.4, -0.2) is 85.7 Å². The van der Waals surface area contributed by atoms with Crippen molar-refractivity contribution in [3.63, 3.8) is 0 Å². The molecule has 0 aromatic heterocycles.